The maximum atomic E-state index is 12.3. The predicted molar refractivity (Wildman–Crippen MR) is 82.4 cm³/mol. The number of nitrogens with zero attached hydrogens (tertiary/aromatic N) is 2. The second kappa shape index (κ2) is 5.96. The fourth-order valence-electron chi connectivity index (χ4n) is 2.76. The molecule has 2 aliphatic heterocycles. The molecule has 0 radical (unpaired) electrons. The summed E-state index contributed by atoms with van der Waals surface area (Å²) in [6.45, 7) is 0. The molecule has 1 aromatic carbocycles. The molecular weight excluding hydrogens is 359 g/mol. The average Bonchev–Trinajstić information content (AvgIpc) is 3.08. The van der Waals surface area contributed by atoms with Gasteiger partial charge in [-0.2, -0.15) is 5.26 Å². The molecule has 0 saturated carbocycles. The number of carbonyl (C=O) groups is 2. The number of cyclic esters (lactones) is 1. The standard InChI is InChI=1S/C15H10Cl2N2O5/c1-22-13(20)10-5-15(14(21)23-10)7(6-18)12(19-24-15)11-8(16)3-2-4-9(11)17/h2-4,7,10H,5H2,1H3/t7-,10-,15-/m1/s1. The molecule has 0 N–H and O–H groups in total. The Balaban J connectivity index is 2.00. The highest BCUT2D eigenvalue weighted by molar-refractivity contribution is 6.40. The van der Waals surface area contributed by atoms with Crippen molar-refractivity contribution in [1.82, 2.24) is 0 Å². The molecule has 0 bridgehead atoms. The summed E-state index contributed by atoms with van der Waals surface area (Å²) in [6, 6.07) is 6.78. The fourth-order valence-corrected chi connectivity index (χ4v) is 3.35. The predicted octanol–water partition coefficient (Wildman–Crippen LogP) is 2.09. The number of esters is 2. The Bertz CT molecular complexity index is 783. The van der Waals surface area contributed by atoms with Crippen LogP contribution in [0.1, 0.15) is 12.0 Å². The Kier molecular flexibility index (Phi) is 4.11. The van der Waals surface area contributed by atoms with E-state index in [2.05, 4.69) is 9.89 Å². The molecule has 1 fully saturated rings. The summed E-state index contributed by atoms with van der Waals surface area (Å²) < 4.78 is 9.57. The summed E-state index contributed by atoms with van der Waals surface area (Å²) in [7, 11) is 1.17. The SMILES string of the molecule is COC(=O)[C@H]1C[C@]2(ON=C(c3c(Cl)cccc3Cl)[C@H]2C#N)C(=O)O1. The van der Waals surface area contributed by atoms with Crippen LogP contribution in [-0.2, 0) is 23.9 Å². The zero-order chi connectivity index (χ0) is 17.5. The summed E-state index contributed by atoms with van der Waals surface area (Å²) in [5.74, 6) is -2.71. The fraction of sp³-hybridized carbons (Fsp3) is 0.333. The van der Waals surface area contributed by atoms with Crippen LogP contribution in [0.25, 0.3) is 0 Å². The number of benzene rings is 1. The molecule has 124 valence electrons. The summed E-state index contributed by atoms with van der Waals surface area (Å²) in [6.07, 6.45) is -1.35. The number of carbonyl (C=O) groups excluding carboxylic acids is 2. The first kappa shape index (κ1) is 16.6. The van der Waals surface area contributed by atoms with E-state index in [0.717, 1.165) is 0 Å². The summed E-state index contributed by atoms with van der Waals surface area (Å²) in [5.41, 5.74) is -1.29. The van der Waals surface area contributed by atoms with Gasteiger partial charge >= 0.3 is 11.9 Å². The number of hydrogen-bond donors (Lipinski definition) is 0. The molecule has 2 aliphatic rings. The summed E-state index contributed by atoms with van der Waals surface area (Å²) >= 11 is 12.3. The van der Waals surface area contributed by atoms with Gasteiger partial charge in [0.05, 0.1) is 29.6 Å². The van der Waals surface area contributed by atoms with E-state index in [-0.39, 0.29) is 22.2 Å². The molecule has 1 saturated heterocycles. The van der Waals surface area contributed by atoms with Gasteiger partial charge in [0.15, 0.2) is 0 Å². The first-order valence-corrected chi connectivity index (χ1v) is 7.59. The molecule has 9 heteroatoms. The van der Waals surface area contributed by atoms with Gasteiger partial charge in [-0.15, -0.1) is 0 Å². The van der Waals surface area contributed by atoms with Crippen LogP contribution in [-0.4, -0.2) is 36.5 Å². The van der Waals surface area contributed by atoms with E-state index < -0.39 is 29.6 Å². The third-order valence-electron chi connectivity index (χ3n) is 3.94. The van der Waals surface area contributed by atoms with E-state index in [9.17, 15) is 14.9 Å². The Morgan fingerprint density at radius 1 is 1.46 bits per heavy atom. The van der Waals surface area contributed by atoms with Crippen LogP contribution in [0, 0.1) is 17.2 Å². The number of halogens is 2. The molecule has 0 aliphatic carbocycles. The maximum Gasteiger partial charge on any atom is 0.356 e. The molecule has 24 heavy (non-hydrogen) atoms. The molecule has 3 rings (SSSR count). The molecule has 7 nitrogen and oxygen atoms in total. The lowest BCUT2D eigenvalue weighted by molar-refractivity contribution is -0.165. The van der Waals surface area contributed by atoms with E-state index in [1.165, 1.54) is 7.11 Å². The number of nitriles is 1. The quantitative estimate of drug-likeness (QED) is 0.741. The normalized spacial score (nSPS) is 28.1. The minimum absolute atomic E-state index is 0.121. The van der Waals surface area contributed by atoms with Crippen molar-refractivity contribution in [1.29, 1.82) is 5.26 Å². The van der Waals surface area contributed by atoms with Crippen molar-refractivity contribution >= 4 is 40.9 Å². The van der Waals surface area contributed by atoms with Gasteiger partial charge in [0.1, 0.15) is 11.6 Å². The first-order valence-electron chi connectivity index (χ1n) is 6.83. The van der Waals surface area contributed by atoms with Crippen LogP contribution in [0.15, 0.2) is 23.4 Å². The monoisotopic (exact) mass is 368 g/mol. The number of hydrogen-bond acceptors (Lipinski definition) is 7. The van der Waals surface area contributed by atoms with E-state index in [0.29, 0.717) is 5.56 Å². The molecule has 0 amide bonds. The minimum Gasteiger partial charge on any atom is -0.466 e. The van der Waals surface area contributed by atoms with Crippen molar-refractivity contribution in [2.45, 2.75) is 18.1 Å². The lowest BCUT2D eigenvalue weighted by Gasteiger charge is -2.19. The lowest BCUT2D eigenvalue weighted by Crippen LogP contribution is -2.43. The smallest absolute Gasteiger partial charge is 0.356 e. The van der Waals surface area contributed by atoms with Gasteiger partial charge in [0, 0.05) is 5.56 Å². The first-order chi connectivity index (χ1) is 11.4. The lowest BCUT2D eigenvalue weighted by atomic mass is 9.81. The van der Waals surface area contributed by atoms with Crippen molar-refractivity contribution in [3.8, 4) is 6.07 Å². The highest BCUT2D eigenvalue weighted by Crippen LogP contribution is 2.44. The highest BCUT2D eigenvalue weighted by atomic mass is 35.5. The molecular formula is C15H10Cl2N2O5. The second-order valence-corrected chi connectivity index (χ2v) is 6.05. The Hall–Kier alpha value is -2.30. The van der Waals surface area contributed by atoms with E-state index in [1.54, 1.807) is 18.2 Å². The molecule has 2 heterocycles. The van der Waals surface area contributed by atoms with Gasteiger partial charge in [-0.1, -0.05) is 34.4 Å². The van der Waals surface area contributed by atoms with Crippen molar-refractivity contribution in [3.63, 3.8) is 0 Å². The van der Waals surface area contributed by atoms with E-state index >= 15 is 0 Å². The maximum absolute atomic E-state index is 12.3. The molecule has 0 unspecified atom stereocenters. The van der Waals surface area contributed by atoms with Gasteiger partial charge in [0.25, 0.3) is 5.60 Å². The number of methoxy groups -OCH3 is 1. The van der Waals surface area contributed by atoms with Crippen LogP contribution in [0.4, 0.5) is 0 Å². The molecule has 3 atom stereocenters. The Morgan fingerprint density at radius 2 is 2.12 bits per heavy atom. The van der Waals surface area contributed by atoms with Gasteiger partial charge in [0.2, 0.25) is 6.10 Å². The number of oxime groups is 1. The van der Waals surface area contributed by atoms with Crippen LogP contribution in [0.5, 0.6) is 0 Å². The van der Waals surface area contributed by atoms with Crippen molar-refractivity contribution in [3.05, 3.63) is 33.8 Å². The van der Waals surface area contributed by atoms with Crippen LogP contribution >= 0.6 is 23.2 Å². The largest absolute Gasteiger partial charge is 0.466 e. The highest BCUT2D eigenvalue weighted by Gasteiger charge is 2.64. The average molecular weight is 369 g/mol. The summed E-state index contributed by atoms with van der Waals surface area (Å²) in [5, 5.41) is 14.0. The van der Waals surface area contributed by atoms with Crippen LogP contribution in [0.3, 0.4) is 0 Å². The molecule has 1 aromatic rings. The topological polar surface area (TPSA) is 98.0 Å². The van der Waals surface area contributed by atoms with Gasteiger partial charge in [-0.3, -0.25) is 0 Å². The number of rotatable bonds is 2. The van der Waals surface area contributed by atoms with E-state index in [4.69, 9.17) is 32.8 Å². The van der Waals surface area contributed by atoms with Crippen molar-refractivity contribution in [2.24, 2.45) is 11.1 Å². The van der Waals surface area contributed by atoms with Gasteiger partial charge in [-0.05, 0) is 12.1 Å². The Labute approximate surface area is 146 Å². The zero-order valence-corrected chi connectivity index (χ0v) is 13.8. The van der Waals surface area contributed by atoms with Crippen LogP contribution < -0.4 is 0 Å². The van der Waals surface area contributed by atoms with Crippen molar-refractivity contribution < 1.29 is 23.9 Å². The second-order valence-electron chi connectivity index (χ2n) is 5.24. The minimum atomic E-state index is -1.72. The van der Waals surface area contributed by atoms with Gasteiger partial charge < -0.3 is 14.3 Å². The zero-order valence-electron chi connectivity index (χ0n) is 12.3. The van der Waals surface area contributed by atoms with E-state index in [1.807, 2.05) is 6.07 Å². The van der Waals surface area contributed by atoms with Gasteiger partial charge in [-0.25, -0.2) is 9.59 Å². The van der Waals surface area contributed by atoms with Crippen LogP contribution in [0.2, 0.25) is 10.0 Å². The number of ether oxygens (including phenoxy) is 2. The Morgan fingerprint density at radius 3 is 2.71 bits per heavy atom. The molecule has 0 aromatic heterocycles. The third-order valence-corrected chi connectivity index (χ3v) is 4.57. The third kappa shape index (κ3) is 2.30. The van der Waals surface area contributed by atoms with Crippen molar-refractivity contribution in [2.75, 3.05) is 7.11 Å². The summed E-state index contributed by atoms with van der Waals surface area (Å²) in [4.78, 5) is 29.2. The molecule has 1 spiro atoms.